The van der Waals surface area contributed by atoms with Gasteiger partial charge in [0.2, 0.25) is 11.9 Å². The van der Waals surface area contributed by atoms with Crippen molar-refractivity contribution in [1.29, 1.82) is 0 Å². The van der Waals surface area contributed by atoms with E-state index in [0.29, 0.717) is 35.6 Å². The molecule has 1 aliphatic rings. The van der Waals surface area contributed by atoms with Crippen molar-refractivity contribution in [3.05, 3.63) is 41.5 Å². The molecule has 0 aliphatic carbocycles. The number of hydrogen-bond donors (Lipinski definition) is 1. The Bertz CT molecular complexity index is 1010. The fraction of sp³-hybridized carbons (Fsp3) is 0.542. The Kier molecular flexibility index (Phi) is 6.56. The average molecular weight is 448 g/mol. The van der Waals surface area contributed by atoms with Crippen LogP contribution in [0.25, 0.3) is 11.1 Å². The highest BCUT2D eigenvalue weighted by Crippen LogP contribution is 2.43. The number of pyridine rings is 2. The monoisotopic (exact) mass is 447 g/mol. The largest absolute Gasteiger partial charge is 0.479 e. The summed E-state index contributed by atoms with van der Waals surface area (Å²) in [6, 6.07) is 2.40. The quantitative estimate of drug-likeness (QED) is 0.627. The summed E-state index contributed by atoms with van der Waals surface area (Å²) < 4.78 is 34.2. The smallest absolute Gasteiger partial charge is 0.337 e. The summed E-state index contributed by atoms with van der Waals surface area (Å²) in [5.41, 5.74) is 1.27. The van der Waals surface area contributed by atoms with E-state index in [-0.39, 0.29) is 11.0 Å². The molecule has 0 amide bonds. The number of ether oxygens (including phenoxy) is 1. The van der Waals surface area contributed by atoms with Crippen molar-refractivity contribution in [2.75, 3.05) is 18.0 Å². The van der Waals surface area contributed by atoms with Gasteiger partial charge in [0.1, 0.15) is 0 Å². The zero-order chi connectivity index (χ0) is 23.8. The molecule has 0 saturated carbocycles. The van der Waals surface area contributed by atoms with Gasteiger partial charge in [0.05, 0.1) is 11.3 Å². The third-order valence-corrected chi connectivity index (χ3v) is 5.78. The number of anilines is 1. The number of hydrogen-bond acceptors (Lipinski definition) is 5. The number of aryl methyl sites for hydroxylation is 1. The molecule has 1 saturated heterocycles. The van der Waals surface area contributed by atoms with Crippen LogP contribution in [0.2, 0.25) is 0 Å². The third-order valence-electron chi connectivity index (χ3n) is 5.78. The first kappa shape index (κ1) is 24.0. The first-order valence-electron chi connectivity index (χ1n) is 10.8. The lowest BCUT2D eigenvalue weighted by molar-refractivity contribution is -0.160. The van der Waals surface area contributed by atoms with E-state index in [1.54, 1.807) is 27.7 Å². The molecule has 2 aromatic rings. The SMILES string of the molecule is Cc1ncc(-c2ccc(F)nc2F)c(N2CCC(C)(C)CC2)c1C(OC(C)(C)C)C(=O)O. The van der Waals surface area contributed by atoms with Crippen molar-refractivity contribution in [2.24, 2.45) is 5.41 Å². The van der Waals surface area contributed by atoms with Gasteiger partial charge in [0.25, 0.3) is 0 Å². The van der Waals surface area contributed by atoms with Gasteiger partial charge in [0, 0.05) is 41.7 Å². The number of rotatable bonds is 5. The molecule has 3 rings (SSSR count). The molecular weight excluding hydrogens is 416 g/mol. The van der Waals surface area contributed by atoms with Gasteiger partial charge in [-0.3, -0.25) is 4.98 Å². The van der Waals surface area contributed by atoms with Crippen LogP contribution in [0, 0.1) is 24.2 Å². The van der Waals surface area contributed by atoms with Crippen LogP contribution in [0.5, 0.6) is 0 Å². The van der Waals surface area contributed by atoms with E-state index in [1.165, 1.54) is 12.3 Å². The molecule has 0 radical (unpaired) electrons. The second-order valence-electron chi connectivity index (χ2n) is 10.1. The fourth-order valence-electron chi connectivity index (χ4n) is 4.00. The summed E-state index contributed by atoms with van der Waals surface area (Å²) in [6.07, 6.45) is 1.97. The lowest BCUT2D eigenvalue weighted by Crippen LogP contribution is -2.39. The van der Waals surface area contributed by atoms with E-state index in [9.17, 15) is 18.7 Å². The zero-order valence-electron chi connectivity index (χ0n) is 19.5. The Morgan fingerprint density at radius 3 is 2.34 bits per heavy atom. The van der Waals surface area contributed by atoms with Crippen LogP contribution in [0.3, 0.4) is 0 Å². The second kappa shape index (κ2) is 8.73. The molecule has 0 spiro atoms. The standard InChI is InChI=1S/C24H31F2N3O3/c1-14-18(20(22(30)31)32-23(2,3)4)19(29-11-9-24(5,6)10-12-29)16(13-27-14)15-7-8-17(25)28-21(15)26/h7-8,13,20H,9-12H2,1-6H3,(H,30,31). The van der Waals surface area contributed by atoms with Crippen molar-refractivity contribution in [3.8, 4) is 11.1 Å². The molecule has 2 aromatic heterocycles. The maximum absolute atomic E-state index is 14.7. The number of carboxylic acids is 1. The van der Waals surface area contributed by atoms with Crippen LogP contribution in [0.4, 0.5) is 14.5 Å². The van der Waals surface area contributed by atoms with E-state index >= 15 is 0 Å². The number of carbonyl (C=O) groups is 1. The summed E-state index contributed by atoms with van der Waals surface area (Å²) in [5, 5.41) is 10.1. The van der Waals surface area contributed by atoms with Crippen LogP contribution in [-0.2, 0) is 9.53 Å². The first-order chi connectivity index (χ1) is 14.8. The van der Waals surface area contributed by atoms with Crippen molar-refractivity contribution in [3.63, 3.8) is 0 Å². The van der Waals surface area contributed by atoms with Gasteiger partial charge in [-0.25, -0.2) is 4.79 Å². The molecular formula is C24H31F2N3O3. The minimum absolute atomic E-state index is 0.0693. The molecule has 1 aliphatic heterocycles. The molecule has 0 bridgehead atoms. The molecule has 1 fully saturated rings. The number of carboxylic acid groups (broad SMARTS) is 1. The first-order valence-corrected chi connectivity index (χ1v) is 10.8. The molecule has 3 heterocycles. The van der Waals surface area contributed by atoms with E-state index in [0.717, 1.165) is 18.9 Å². The Balaban J connectivity index is 2.27. The van der Waals surface area contributed by atoms with Gasteiger partial charge in [0.15, 0.2) is 6.10 Å². The number of nitrogens with zero attached hydrogens (tertiary/aromatic N) is 3. The Morgan fingerprint density at radius 1 is 1.19 bits per heavy atom. The normalized spacial score (nSPS) is 17.3. The van der Waals surface area contributed by atoms with Crippen molar-refractivity contribution >= 4 is 11.7 Å². The third kappa shape index (κ3) is 5.23. The van der Waals surface area contributed by atoms with E-state index in [2.05, 4.69) is 28.7 Å². The van der Waals surface area contributed by atoms with E-state index in [4.69, 9.17) is 4.74 Å². The van der Waals surface area contributed by atoms with Gasteiger partial charge in [-0.15, -0.1) is 0 Å². The highest BCUT2D eigenvalue weighted by atomic mass is 19.1. The number of halogens is 2. The summed E-state index contributed by atoms with van der Waals surface area (Å²) in [7, 11) is 0. The predicted octanol–water partition coefficient (Wildman–Crippen LogP) is 5.30. The lowest BCUT2D eigenvalue weighted by Gasteiger charge is -2.40. The second-order valence-corrected chi connectivity index (χ2v) is 10.1. The van der Waals surface area contributed by atoms with Crippen molar-refractivity contribution in [2.45, 2.75) is 66.1 Å². The number of piperidine rings is 1. The topological polar surface area (TPSA) is 75.5 Å². The molecule has 1 atom stereocenters. The van der Waals surface area contributed by atoms with Gasteiger partial charge in [-0.05, 0) is 58.1 Å². The van der Waals surface area contributed by atoms with Crippen LogP contribution < -0.4 is 4.90 Å². The van der Waals surface area contributed by atoms with Crippen molar-refractivity contribution in [1.82, 2.24) is 9.97 Å². The minimum atomic E-state index is -1.30. The lowest BCUT2D eigenvalue weighted by atomic mass is 9.82. The molecule has 6 nitrogen and oxygen atoms in total. The van der Waals surface area contributed by atoms with Crippen LogP contribution in [0.1, 0.15) is 64.8 Å². The van der Waals surface area contributed by atoms with E-state index < -0.39 is 29.6 Å². The molecule has 32 heavy (non-hydrogen) atoms. The minimum Gasteiger partial charge on any atom is -0.479 e. The highest BCUT2D eigenvalue weighted by molar-refractivity contribution is 5.86. The highest BCUT2D eigenvalue weighted by Gasteiger charge is 2.36. The van der Waals surface area contributed by atoms with Gasteiger partial charge in [-0.1, -0.05) is 13.8 Å². The number of aromatic nitrogens is 2. The van der Waals surface area contributed by atoms with Gasteiger partial charge < -0.3 is 14.7 Å². The Labute approximate surface area is 187 Å². The number of aliphatic carboxylic acids is 1. The van der Waals surface area contributed by atoms with Crippen LogP contribution in [0.15, 0.2) is 18.3 Å². The average Bonchev–Trinajstić information content (AvgIpc) is 2.66. The molecule has 174 valence electrons. The molecule has 8 heteroatoms. The van der Waals surface area contributed by atoms with Gasteiger partial charge >= 0.3 is 5.97 Å². The van der Waals surface area contributed by atoms with Crippen molar-refractivity contribution < 1.29 is 23.4 Å². The maximum Gasteiger partial charge on any atom is 0.337 e. The van der Waals surface area contributed by atoms with Crippen LogP contribution >= 0.6 is 0 Å². The van der Waals surface area contributed by atoms with Crippen LogP contribution in [-0.4, -0.2) is 39.7 Å². The van der Waals surface area contributed by atoms with Gasteiger partial charge in [-0.2, -0.15) is 13.8 Å². The summed E-state index contributed by atoms with van der Waals surface area (Å²) in [6.45, 7) is 12.8. The summed E-state index contributed by atoms with van der Waals surface area (Å²) >= 11 is 0. The Hall–Kier alpha value is -2.61. The molecule has 0 aromatic carbocycles. The summed E-state index contributed by atoms with van der Waals surface area (Å²) in [4.78, 5) is 22.1. The molecule has 1 unspecified atom stereocenters. The predicted molar refractivity (Wildman–Crippen MR) is 119 cm³/mol. The zero-order valence-corrected chi connectivity index (χ0v) is 19.5. The molecule has 1 N–H and O–H groups in total. The maximum atomic E-state index is 14.7. The summed E-state index contributed by atoms with van der Waals surface area (Å²) in [5.74, 6) is -3.05. The fourth-order valence-corrected chi connectivity index (χ4v) is 4.00. The Morgan fingerprint density at radius 2 is 1.81 bits per heavy atom. The van der Waals surface area contributed by atoms with E-state index in [1.807, 2.05) is 0 Å².